The van der Waals surface area contributed by atoms with E-state index in [2.05, 4.69) is 0 Å². The molecule has 0 bridgehead atoms. The summed E-state index contributed by atoms with van der Waals surface area (Å²) in [5.74, 6) is -0.416. The van der Waals surface area contributed by atoms with Crippen LogP contribution in [0.3, 0.4) is 0 Å². The smallest absolute Gasteiger partial charge is 0.311 e. The number of aliphatic hydroxyl groups is 1. The highest BCUT2D eigenvalue weighted by atomic mass is 19.1. The summed E-state index contributed by atoms with van der Waals surface area (Å²) in [7, 11) is 0. The number of esters is 1. The molecule has 0 aromatic heterocycles. The molecule has 0 aliphatic rings. The van der Waals surface area contributed by atoms with E-state index in [4.69, 9.17) is 9.84 Å². The molecule has 0 atom stereocenters. The van der Waals surface area contributed by atoms with Gasteiger partial charge >= 0.3 is 5.97 Å². The molecule has 0 radical (unpaired) electrons. The normalized spacial score (nSPS) is 11.9. The Morgan fingerprint density at radius 1 is 1.50 bits per heavy atom. The van der Waals surface area contributed by atoms with E-state index in [9.17, 15) is 9.18 Å². The van der Waals surface area contributed by atoms with Crippen molar-refractivity contribution in [2.45, 2.75) is 20.8 Å². The van der Waals surface area contributed by atoms with Crippen LogP contribution in [0.4, 0.5) is 4.39 Å². The van der Waals surface area contributed by atoms with Crippen molar-refractivity contribution in [3.8, 4) is 0 Å². The fourth-order valence-corrected chi connectivity index (χ4v) is 0.486. The van der Waals surface area contributed by atoms with E-state index >= 15 is 0 Å². The van der Waals surface area contributed by atoms with Gasteiger partial charge in [-0.3, -0.25) is 4.79 Å². The lowest BCUT2D eigenvalue weighted by molar-refractivity contribution is -0.152. The van der Waals surface area contributed by atoms with Crippen molar-refractivity contribution in [3.05, 3.63) is 11.9 Å². The summed E-state index contributed by atoms with van der Waals surface area (Å²) in [6.07, 6.45) is 0.246. The monoisotopic (exact) mass is 207 g/mol. The molecule has 0 aliphatic heterocycles. The Bertz CT molecular complexity index is 209. The summed E-state index contributed by atoms with van der Waals surface area (Å²) in [6.45, 7) is 4.48. The Kier molecular flexibility index (Phi) is 7.21. The number of rotatable bonds is 3. The van der Waals surface area contributed by atoms with Crippen molar-refractivity contribution in [2.75, 3.05) is 13.2 Å². The maximum Gasteiger partial charge on any atom is 0.311 e. The van der Waals surface area contributed by atoms with E-state index < -0.39 is 18.0 Å². The SMILES string of the molecule is CC(C)(C)C(=O)OCC(=CF)CO.N. The summed E-state index contributed by atoms with van der Waals surface area (Å²) in [4.78, 5) is 11.1. The highest BCUT2D eigenvalue weighted by Crippen LogP contribution is 2.15. The maximum absolute atomic E-state index is 11.9. The van der Waals surface area contributed by atoms with E-state index in [1.807, 2.05) is 0 Å². The summed E-state index contributed by atoms with van der Waals surface area (Å²) < 4.78 is 16.6. The number of aliphatic hydroxyl groups excluding tert-OH is 1. The first-order valence-electron chi connectivity index (χ1n) is 3.98. The Hall–Kier alpha value is -0.940. The topological polar surface area (TPSA) is 81.5 Å². The molecule has 0 heterocycles. The molecule has 0 saturated carbocycles. The first kappa shape index (κ1) is 15.5. The number of ether oxygens (including phenoxy) is 1. The van der Waals surface area contributed by atoms with E-state index in [1.54, 1.807) is 20.8 Å². The number of hydrogen-bond donors (Lipinski definition) is 2. The number of carbonyl (C=O) groups is 1. The first-order chi connectivity index (χ1) is 5.91. The van der Waals surface area contributed by atoms with Crippen LogP contribution in [-0.2, 0) is 9.53 Å². The molecule has 0 saturated heterocycles. The van der Waals surface area contributed by atoms with Gasteiger partial charge in [-0.05, 0) is 20.8 Å². The Morgan fingerprint density at radius 3 is 2.29 bits per heavy atom. The van der Waals surface area contributed by atoms with Crippen molar-refractivity contribution in [1.29, 1.82) is 0 Å². The average molecular weight is 207 g/mol. The van der Waals surface area contributed by atoms with E-state index in [1.165, 1.54) is 0 Å². The van der Waals surface area contributed by atoms with Crippen LogP contribution >= 0.6 is 0 Å². The minimum atomic E-state index is -0.600. The molecular weight excluding hydrogens is 189 g/mol. The minimum Gasteiger partial charge on any atom is -0.461 e. The van der Waals surface area contributed by atoms with Gasteiger partial charge in [-0.15, -0.1) is 0 Å². The van der Waals surface area contributed by atoms with E-state index in [-0.39, 0.29) is 24.7 Å². The fraction of sp³-hybridized carbons (Fsp3) is 0.667. The van der Waals surface area contributed by atoms with E-state index in [0.29, 0.717) is 0 Å². The lowest BCUT2D eigenvalue weighted by Crippen LogP contribution is -2.24. The molecule has 0 aromatic carbocycles. The predicted octanol–water partition coefficient (Wildman–Crippen LogP) is 1.58. The second kappa shape index (κ2) is 6.50. The fourth-order valence-electron chi connectivity index (χ4n) is 0.486. The van der Waals surface area contributed by atoms with Crippen LogP contribution in [0.2, 0.25) is 0 Å². The number of halogens is 1. The van der Waals surface area contributed by atoms with Crippen LogP contribution in [0.5, 0.6) is 0 Å². The second-order valence-electron chi connectivity index (χ2n) is 3.75. The lowest BCUT2D eigenvalue weighted by Gasteiger charge is -2.16. The van der Waals surface area contributed by atoms with Gasteiger partial charge < -0.3 is 16.0 Å². The van der Waals surface area contributed by atoms with Gasteiger partial charge in [0.15, 0.2) is 0 Å². The highest BCUT2D eigenvalue weighted by molar-refractivity contribution is 5.75. The molecule has 0 amide bonds. The van der Waals surface area contributed by atoms with Crippen LogP contribution in [0.1, 0.15) is 20.8 Å². The summed E-state index contributed by atoms with van der Waals surface area (Å²) >= 11 is 0. The highest BCUT2D eigenvalue weighted by Gasteiger charge is 2.23. The average Bonchev–Trinajstić information content (AvgIpc) is 2.04. The molecule has 5 heteroatoms. The Morgan fingerprint density at radius 2 is 2.00 bits per heavy atom. The number of carbonyl (C=O) groups excluding carboxylic acids is 1. The predicted molar refractivity (Wildman–Crippen MR) is 51.7 cm³/mol. The zero-order valence-corrected chi connectivity index (χ0v) is 8.84. The molecule has 4 N–H and O–H groups in total. The summed E-state index contributed by atoms with van der Waals surface area (Å²) in [6, 6.07) is 0. The van der Waals surface area contributed by atoms with Gasteiger partial charge in [-0.25, -0.2) is 4.39 Å². The third kappa shape index (κ3) is 5.66. The maximum atomic E-state index is 11.9. The molecule has 14 heavy (non-hydrogen) atoms. The van der Waals surface area contributed by atoms with Crippen LogP contribution in [0.15, 0.2) is 11.9 Å². The van der Waals surface area contributed by atoms with Gasteiger partial charge in [0.1, 0.15) is 6.61 Å². The van der Waals surface area contributed by atoms with Gasteiger partial charge in [0, 0.05) is 5.57 Å². The molecule has 0 fully saturated rings. The molecule has 0 unspecified atom stereocenters. The van der Waals surface area contributed by atoms with Gasteiger partial charge in [0.25, 0.3) is 0 Å². The first-order valence-corrected chi connectivity index (χ1v) is 3.98. The number of hydrogen-bond acceptors (Lipinski definition) is 4. The van der Waals surface area contributed by atoms with Crippen LogP contribution < -0.4 is 6.15 Å². The molecular formula is C9H18FNO3. The minimum absolute atomic E-state index is 0. The molecule has 0 rings (SSSR count). The molecule has 4 nitrogen and oxygen atoms in total. The van der Waals surface area contributed by atoms with Crippen LogP contribution in [0.25, 0.3) is 0 Å². The summed E-state index contributed by atoms with van der Waals surface area (Å²) in [5, 5.41) is 8.54. The lowest BCUT2D eigenvalue weighted by atomic mass is 9.97. The molecule has 0 aliphatic carbocycles. The van der Waals surface area contributed by atoms with Crippen LogP contribution in [-0.4, -0.2) is 24.3 Å². The largest absolute Gasteiger partial charge is 0.461 e. The van der Waals surface area contributed by atoms with Gasteiger partial charge in [0.2, 0.25) is 0 Å². The molecule has 0 spiro atoms. The Labute approximate surface area is 83.3 Å². The van der Waals surface area contributed by atoms with E-state index in [0.717, 1.165) is 0 Å². The van der Waals surface area contributed by atoms with Crippen LogP contribution in [0, 0.1) is 5.41 Å². The van der Waals surface area contributed by atoms with Crippen molar-refractivity contribution >= 4 is 5.97 Å². The van der Waals surface area contributed by atoms with Crippen molar-refractivity contribution in [1.82, 2.24) is 6.15 Å². The zero-order valence-electron chi connectivity index (χ0n) is 8.84. The third-order valence-electron chi connectivity index (χ3n) is 1.36. The van der Waals surface area contributed by atoms with Crippen molar-refractivity contribution in [2.24, 2.45) is 5.41 Å². The molecule has 84 valence electrons. The standard InChI is InChI=1S/C9H15FO3.H3N/c1-9(2,3)8(12)13-6-7(4-10)5-11;/h4,11H,5-6H2,1-3H3;1H3. The van der Waals surface area contributed by atoms with Gasteiger partial charge in [0.05, 0.1) is 18.4 Å². The molecule has 0 aromatic rings. The van der Waals surface area contributed by atoms with Gasteiger partial charge in [-0.1, -0.05) is 0 Å². The zero-order chi connectivity index (χ0) is 10.5. The summed E-state index contributed by atoms with van der Waals surface area (Å²) in [5.41, 5.74) is -0.547. The Balaban J connectivity index is 0. The van der Waals surface area contributed by atoms with Crippen molar-refractivity contribution in [3.63, 3.8) is 0 Å². The quantitative estimate of drug-likeness (QED) is 0.688. The third-order valence-corrected chi connectivity index (χ3v) is 1.36. The second-order valence-corrected chi connectivity index (χ2v) is 3.75. The van der Waals surface area contributed by atoms with Crippen molar-refractivity contribution < 1.29 is 19.0 Å². The van der Waals surface area contributed by atoms with Gasteiger partial charge in [-0.2, -0.15) is 0 Å².